The summed E-state index contributed by atoms with van der Waals surface area (Å²) in [5.41, 5.74) is 2.58. The van der Waals surface area contributed by atoms with E-state index in [1.54, 1.807) is 12.1 Å². The fraction of sp³-hybridized carbons (Fsp3) is 0.435. The summed E-state index contributed by atoms with van der Waals surface area (Å²) < 4.78 is 5.16. The topological polar surface area (TPSA) is 79.2 Å². The molecule has 0 spiro atoms. The molecule has 1 aliphatic heterocycles. The number of hydrogen-bond acceptors (Lipinski definition) is 6. The number of carbonyl (C=O) groups is 2. The van der Waals surface area contributed by atoms with E-state index in [2.05, 4.69) is 25.2 Å². The van der Waals surface area contributed by atoms with E-state index in [9.17, 15) is 14.9 Å². The van der Waals surface area contributed by atoms with Crippen molar-refractivity contribution in [3.8, 4) is 6.07 Å². The monoisotopic (exact) mass is 444 g/mol. The molecule has 0 radical (unpaired) electrons. The van der Waals surface area contributed by atoms with Gasteiger partial charge in [-0.3, -0.25) is 9.59 Å². The van der Waals surface area contributed by atoms with Crippen LogP contribution in [0.2, 0.25) is 5.02 Å². The van der Waals surface area contributed by atoms with Crippen molar-refractivity contribution in [2.24, 2.45) is 5.41 Å². The number of ether oxygens (including phenoxy) is 1. The highest BCUT2D eigenvalue weighted by atomic mass is 35.5. The molecule has 1 heterocycles. The number of dihydropyridines is 1. The summed E-state index contributed by atoms with van der Waals surface area (Å²) in [6.07, 6.45) is 1.89. The minimum atomic E-state index is -0.471. The molecule has 0 saturated carbocycles. The summed E-state index contributed by atoms with van der Waals surface area (Å²) >= 11 is 7.30. The normalized spacial score (nSPS) is 20.4. The van der Waals surface area contributed by atoms with Crippen LogP contribution in [0, 0.1) is 16.7 Å². The maximum Gasteiger partial charge on any atom is 0.316 e. The number of ketones is 1. The van der Waals surface area contributed by atoms with Crippen LogP contribution in [-0.2, 0) is 14.3 Å². The molecule has 1 aromatic carbocycles. The van der Waals surface area contributed by atoms with E-state index < -0.39 is 5.92 Å². The van der Waals surface area contributed by atoms with Crippen LogP contribution in [0.5, 0.6) is 0 Å². The van der Waals surface area contributed by atoms with E-state index in [4.69, 9.17) is 16.3 Å². The van der Waals surface area contributed by atoms with Crippen molar-refractivity contribution in [2.75, 3.05) is 12.4 Å². The largest absolute Gasteiger partial charge is 0.465 e. The van der Waals surface area contributed by atoms with Crippen LogP contribution in [-0.4, -0.2) is 24.1 Å². The smallest absolute Gasteiger partial charge is 0.316 e. The van der Waals surface area contributed by atoms with Gasteiger partial charge in [-0.15, -0.1) is 0 Å². The standard InChI is InChI=1S/C23H25ClN2O3S/c1-4-9-29-19(28)13-30-22-16(12-25)20(14-5-7-15(24)8-6-14)21-17(26-22)10-23(2,3)11-18(21)27/h5-8,20,26H,4,9-11,13H2,1-3H3/t20-/m0/s1. The number of rotatable bonds is 6. The number of hydrogen-bond donors (Lipinski definition) is 1. The van der Waals surface area contributed by atoms with E-state index >= 15 is 0 Å². The SMILES string of the molecule is CCCOC(=O)CSC1=C(C#N)[C@H](c2ccc(Cl)cc2)C2=C(CC(C)(C)CC2=O)N1. The highest BCUT2D eigenvalue weighted by Crippen LogP contribution is 2.47. The van der Waals surface area contributed by atoms with Crippen LogP contribution in [0.1, 0.15) is 51.5 Å². The van der Waals surface area contributed by atoms with Gasteiger partial charge in [-0.1, -0.05) is 56.3 Å². The summed E-state index contributed by atoms with van der Waals surface area (Å²) in [6, 6.07) is 9.52. The molecule has 1 aliphatic carbocycles. The first-order valence-corrected chi connectivity index (χ1v) is 11.3. The number of allylic oxidation sites excluding steroid dienone is 3. The Labute approximate surface area is 186 Å². The van der Waals surface area contributed by atoms with E-state index in [-0.39, 0.29) is 22.9 Å². The predicted molar refractivity (Wildman–Crippen MR) is 119 cm³/mol. The number of benzene rings is 1. The minimum Gasteiger partial charge on any atom is -0.465 e. The van der Waals surface area contributed by atoms with Crippen LogP contribution >= 0.6 is 23.4 Å². The third-order valence-electron chi connectivity index (χ3n) is 5.13. The average molecular weight is 445 g/mol. The highest BCUT2D eigenvalue weighted by molar-refractivity contribution is 8.03. The second-order valence-corrected chi connectivity index (χ2v) is 9.73. The Kier molecular flexibility index (Phi) is 6.95. The van der Waals surface area contributed by atoms with Crippen molar-refractivity contribution in [1.82, 2.24) is 5.32 Å². The Bertz CT molecular complexity index is 958. The molecule has 7 heteroatoms. The molecular weight excluding hydrogens is 420 g/mol. The fourth-order valence-corrected chi connectivity index (χ4v) is 4.85. The first kappa shape index (κ1) is 22.5. The lowest BCUT2D eigenvalue weighted by Gasteiger charge is -2.39. The van der Waals surface area contributed by atoms with Crippen LogP contribution in [0.3, 0.4) is 0 Å². The molecule has 5 nitrogen and oxygen atoms in total. The number of halogens is 1. The molecule has 0 aromatic heterocycles. The quantitative estimate of drug-likeness (QED) is 0.615. The first-order chi connectivity index (χ1) is 14.3. The molecule has 158 valence electrons. The lowest BCUT2D eigenvalue weighted by molar-refractivity contribution is -0.140. The maximum absolute atomic E-state index is 13.1. The molecule has 2 aliphatic rings. The van der Waals surface area contributed by atoms with Gasteiger partial charge in [-0.2, -0.15) is 5.26 Å². The van der Waals surface area contributed by atoms with Gasteiger partial charge in [0.25, 0.3) is 0 Å². The van der Waals surface area contributed by atoms with Crippen LogP contribution in [0.15, 0.2) is 46.1 Å². The predicted octanol–water partition coefficient (Wildman–Crippen LogP) is 5.09. The fourth-order valence-electron chi connectivity index (χ4n) is 3.87. The van der Waals surface area contributed by atoms with Gasteiger partial charge in [0, 0.05) is 22.7 Å². The Balaban J connectivity index is 2.01. The van der Waals surface area contributed by atoms with Crippen LogP contribution in [0.4, 0.5) is 0 Å². The van der Waals surface area contributed by atoms with Gasteiger partial charge in [-0.05, 0) is 36.0 Å². The summed E-state index contributed by atoms with van der Waals surface area (Å²) in [5.74, 6) is -0.647. The van der Waals surface area contributed by atoms with Crippen molar-refractivity contribution in [3.05, 3.63) is 56.7 Å². The molecule has 0 bridgehead atoms. The third-order valence-corrected chi connectivity index (χ3v) is 6.37. The van der Waals surface area contributed by atoms with Crippen molar-refractivity contribution in [2.45, 2.75) is 46.0 Å². The second-order valence-electron chi connectivity index (χ2n) is 8.31. The lowest BCUT2D eigenvalue weighted by atomic mass is 9.69. The molecule has 1 atom stereocenters. The Morgan fingerprint density at radius 2 is 2.03 bits per heavy atom. The van der Waals surface area contributed by atoms with Gasteiger partial charge < -0.3 is 10.1 Å². The minimum absolute atomic E-state index is 0.0489. The molecule has 1 aromatic rings. The molecular formula is C23H25ClN2O3S. The summed E-state index contributed by atoms with van der Waals surface area (Å²) in [6.45, 7) is 6.44. The first-order valence-electron chi connectivity index (χ1n) is 9.97. The van der Waals surface area contributed by atoms with Crippen molar-refractivity contribution < 1.29 is 14.3 Å². The maximum atomic E-state index is 13.1. The van der Waals surface area contributed by atoms with Crippen molar-refractivity contribution >= 4 is 35.1 Å². The van der Waals surface area contributed by atoms with E-state index in [1.165, 1.54) is 11.8 Å². The molecule has 0 saturated heterocycles. The number of nitrogens with one attached hydrogen (secondary N) is 1. The van der Waals surface area contributed by atoms with E-state index in [0.29, 0.717) is 40.6 Å². The number of nitrogens with zero attached hydrogens (tertiary/aromatic N) is 1. The molecule has 0 unspecified atom stereocenters. The van der Waals surface area contributed by atoms with Gasteiger partial charge in [0.2, 0.25) is 0 Å². The Hall–Kier alpha value is -2.23. The zero-order chi connectivity index (χ0) is 21.9. The van der Waals surface area contributed by atoms with Gasteiger partial charge in [0.05, 0.1) is 34.9 Å². The summed E-state index contributed by atoms with van der Waals surface area (Å²) in [4.78, 5) is 25.1. The summed E-state index contributed by atoms with van der Waals surface area (Å²) in [5, 5.41) is 14.5. The van der Waals surface area contributed by atoms with E-state index in [1.807, 2.05) is 19.1 Å². The number of esters is 1. The highest BCUT2D eigenvalue weighted by Gasteiger charge is 2.41. The van der Waals surface area contributed by atoms with Crippen molar-refractivity contribution in [1.29, 1.82) is 5.26 Å². The van der Waals surface area contributed by atoms with Crippen LogP contribution < -0.4 is 5.32 Å². The Morgan fingerprint density at radius 1 is 1.33 bits per heavy atom. The number of Topliss-reactive ketones (excluding diaryl/α,β-unsaturated/α-hetero) is 1. The molecule has 30 heavy (non-hydrogen) atoms. The molecule has 1 N–H and O–H groups in total. The second kappa shape index (κ2) is 9.28. The van der Waals surface area contributed by atoms with E-state index in [0.717, 1.165) is 17.7 Å². The average Bonchev–Trinajstić information content (AvgIpc) is 2.69. The van der Waals surface area contributed by atoms with Gasteiger partial charge in [0.1, 0.15) is 0 Å². The lowest BCUT2D eigenvalue weighted by Crippen LogP contribution is -2.37. The van der Waals surface area contributed by atoms with Crippen LogP contribution in [0.25, 0.3) is 0 Å². The number of thioether (sulfide) groups is 1. The van der Waals surface area contributed by atoms with Gasteiger partial charge in [0.15, 0.2) is 5.78 Å². The Morgan fingerprint density at radius 3 is 2.67 bits per heavy atom. The molecule has 0 amide bonds. The molecule has 0 fully saturated rings. The zero-order valence-corrected chi connectivity index (χ0v) is 19.0. The van der Waals surface area contributed by atoms with Gasteiger partial charge >= 0.3 is 5.97 Å². The number of nitriles is 1. The van der Waals surface area contributed by atoms with Crippen molar-refractivity contribution in [3.63, 3.8) is 0 Å². The number of carbonyl (C=O) groups excluding carboxylic acids is 2. The third kappa shape index (κ3) is 4.91. The van der Waals surface area contributed by atoms with Gasteiger partial charge in [-0.25, -0.2) is 0 Å². The summed E-state index contributed by atoms with van der Waals surface area (Å²) in [7, 11) is 0. The zero-order valence-electron chi connectivity index (χ0n) is 17.4. The molecule has 3 rings (SSSR count).